The summed E-state index contributed by atoms with van der Waals surface area (Å²) in [5.74, 6) is 0. The van der Waals surface area contributed by atoms with Gasteiger partial charge in [-0.15, -0.1) is 0 Å². The van der Waals surface area contributed by atoms with E-state index in [9.17, 15) is 8.78 Å². The van der Waals surface area contributed by atoms with Crippen LogP contribution in [0.15, 0.2) is 12.5 Å². The fraction of sp³-hybridized carbons (Fsp3) is 0.667. The van der Waals surface area contributed by atoms with E-state index in [1.54, 1.807) is 6.20 Å². The van der Waals surface area contributed by atoms with Crippen molar-refractivity contribution in [2.75, 3.05) is 6.54 Å². The van der Waals surface area contributed by atoms with Gasteiger partial charge in [-0.2, -0.15) is 0 Å². The maximum Gasteiger partial charge on any atom is 0.256 e. The molecule has 0 aromatic carbocycles. The monoisotopic (exact) mass is 203 g/mol. The number of hydrogen-bond acceptors (Lipinski definition) is 2. The van der Waals surface area contributed by atoms with E-state index < -0.39 is 6.43 Å². The Morgan fingerprint density at radius 2 is 2.36 bits per heavy atom. The molecule has 1 heterocycles. The number of hydrogen-bond donors (Lipinski definition) is 1. The number of nitrogens with zero attached hydrogens (tertiary/aromatic N) is 2. The van der Waals surface area contributed by atoms with Gasteiger partial charge in [0.25, 0.3) is 6.43 Å². The number of aromatic nitrogens is 2. The smallest absolute Gasteiger partial charge is 0.256 e. The molecule has 0 radical (unpaired) electrons. The third-order valence-electron chi connectivity index (χ3n) is 1.87. The summed E-state index contributed by atoms with van der Waals surface area (Å²) < 4.78 is 25.7. The maximum absolute atomic E-state index is 12.1. The van der Waals surface area contributed by atoms with Crippen LogP contribution in [0.3, 0.4) is 0 Å². The molecule has 5 heteroatoms. The average molecular weight is 203 g/mol. The zero-order valence-electron chi connectivity index (χ0n) is 8.21. The molecular formula is C9H15F2N3. The lowest BCUT2D eigenvalue weighted by Crippen LogP contribution is -2.18. The molecule has 0 saturated heterocycles. The summed E-state index contributed by atoms with van der Waals surface area (Å²) in [6.45, 7) is 3.27. The van der Waals surface area contributed by atoms with Crippen molar-refractivity contribution in [2.45, 2.75) is 32.9 Å². The second kappa shape index (κ2) is 5.70. The third-order valence-corrected chi connectivity index (χ3v) is 1.87. The van der Waals surface area contributed by atoms with Gasteiger partial charge in [-0.3, -0.25) is 0 Å². The third kappa shape index (κ3) is 3.41. The summed E-state index contributed by atoms with van der Waals surface area (Å²) in [6, 6.07) is 0. The zero-order chi connectivity index (χ0) is 10.4. The summed E-state index contributed by atoms with van der Waals surface area (Å²) in [7, 11) is 0. The molecule has 0 unspecified atom stereocenters. The van der Waals surface area contributed by atoms with Crippen LogP contribution in [0.4, 0.5) is 8.78 Å². The maximum atomic E-state index is 12.1. The molecule has 80 valence electrons. The molecular weight excluding hydrogens is 188 g/mol. The highest BCUT2D eigenvalue weighted by molar-refractivity contribution is 4.97. The van der Waals surface area contributed by atoms with Gasteiger partial charge >= 0.3 is 0 Å². The second-order valence-electron chi connectivity index (χ2n) is 3.11. The summed E-state index contributed by atoms with van der Waals surface area (Å²) in [5, 5.41) is 3.15. The van der Waals surface area contributed by atoms with Crippen molar-refractivity contribution in [1.29, 1.82) is 0 Å². The fourth-order valence-electron chi connectivity index (χ4n) is 1.20. The Hall–Kier alpha value is -0.970. The minimum Gasteiger partial charge on any atom is -0.328 e. The average Bonchev–Trinajstić information content (AvgIpc) is 2.52. The van der Waals surface area contributed by atoms with Crippen molar-refractivity contribution in [2.24, 2.45) is 0 Å². The van der Waals surface area contributed by atoms with Crippen molar-refractivity contribution in [3.63, 3.8) is 0 Å². The van der Waals surface area contributed by atoms with Gasteiger partial charge in [0, 0.05) is 12.7 Å². The molecule has 1 aromatic heterocycles. The molecule has 0 aliphatic rings. The number of halogens is 2. The van der Waals surface area contributed by atoms with E-state index in [4.69, 9.17) is 0 Å². The van der Waals surface area contributed by atoms with Crippen LogP contribution in [-0.2, 0) is 13.1 Å². The van der Waals surface area contributed by atoms with Crippen LogP contribution in [0.5, 0.6) is 0 Å². The van der Waals surface area contributed by atoms with Gasteiger partial charge in [-0.1, -0.05) is 6.92 Å². The minimum absolute atomic E-state index is 0.275. The summed E-state index contributed by atoms with van der Waals surface area (Å²) in [6.07, 6.45) is 1.76. The SMILES string of the molecule is CCCNCc1cncn1CC(F)F. The van der Waals surface area contributed by atoms with E-state index >= 15 is 0 Å². The van der Waals surface area contributed by atoms with E-state index in [0.29, 0.717) is 6.54 Å². The van der Waals surface area contributed by atoms with Gasteiger partial charge in [0.05, 0.1) is 18.6 Å². The van der Waals surface area contributed by atoms with Crippen LogP contribution in [0, 0.1) is 0 Å². The molecule has 0 amide bonds. The first-order chi connectivity index (χ1) is 6.74. The van der Waals surface area contributed by atoms with Crippen molar-refractivity contribution in [3.05, 3.63) is 18.2 Å². The molecule has 0 aliphatic carbocycles. The van der Waals surface area contributed by atoms with Gasteiger partial charge < -0.3 is 9.88 Å². The molecule has 1 N–H and O–H groups in total. The molecule has 1 rings (SSSR count). The molecule has 0 bridgehead atoms. The van der Waals surface area contributed by atoms with Gasteiger partial charge in [0.15, 0.2) is 0 Å². The molecule has 0 aliphatic heterocycles. The first kappa shape index (κ1) is 11.1. The van der Waals surface area contributed by atoms with E-state index in [-0.39, 0.29) is 6.54 Å². The minimum atomic E-state index is -2.32. The standard InChI is InChI=1S/C9H15F2N3/c1-2-3-12-4-8-5-13-7-14(8)6-9(10)11/h5,7,9,12H,2-4,6H2,1H3. The van der Waals surface area contributed by atoms with E-state index in [0.717, 1.165) is 18.7 Å². The van der Waals surface area contributed by atoms with Crippen LogP contribution >= 0.6 is 0 Å². The highest BCUT2D eigenvalue weighted by atomic mass is 19.3. The summed E-state index contributed by atoms with van der Waals surface area (Å²) in [5.41, 5.74) is 0.804. The van der Waals surface area contributed by atoms with Crippen molar-refractivity contribution < 1.29 is 8.78 Å². The van der Waals surface area contributed by atoms with Gasteiger partial charge in [-0.05, 0) is 13.0 Å². The summed E-state index contributed by atoms with van der Waals surface area (Å²) in [4.78, 5) is 3.84. The van der Waals surface area contributed by atoms with Crippen LogP contribution in [-0.4, -0.2) is 22.5 Å². The Bertz CT molecular complexity index is 260. The molecule has 0 fully saturated rings. The van der Waals surface area contributed by atoms with Crippen LogP contribution in [0.2, 0.25) is 0 Å². The Balaban J connectivity index is 2.45. The van der Waals surface area contributed by atoms with Crippen LogP contribution in [0.1, 0.15) is 19.0 Å². The Morgan fingerprint density at radius 3 is 3.00 bits per heavy atom. The Morgan fingerprint density at radius 1 is 1.57 bits per heavy atom. The van der Waals surface area contributed by atoms with Gasteiger partial charge in [-0.25, -0.2) is 13.8 Å². The zero-order valence-corrected chi connectivity index (χ0v) is 8.21. The largest absolute Gasteiger partial charge is 0.328 e. The Labute approximate surface area is 82.1 Å². The van der Waals surface area contributed by atoms with Gasteiger partial charge in [0.1, 0.15) is 0 Å². The topological polar surface area (TPSA) is 29.9 Å². The van der Waals surface area contributed by atoms with Crippen molar-refractivity contribution in [3.8, 4) is 0 Å². The lowest BCUT2D eigenvalue weighted by Gasteiger charge is -2.07. The van der Waals surface area contributed by atoms with Gasteiger partial charge in [0.2, 0.25) is 0 Å². The predicted molar refractivity (Wildman–Crippen MR) is 50.2 cm³/mol. The predicted octanol–water partition coefficient (Wildman–Crippen LogP) is 1.65. The highest BCUT2D eigenvalue weighted by Crippen LogP contribution is 2.03. The van der Waals surface area contributed by atoms with Crippen LogP contribution in [0.25, 0.3) is 0 Å². The quantitative estimate of drug-likeness (QED) is 0.712. The van der Waals surface area contributed by atoms with E-state index in [1.807, 2.05) is 0 Å². The molecule has 1 aromatic rings. The first-order valence-electron chi connectivity index (χ1n) is 4.72. The fourth-order valence-corrected chi connectivity index (χ4v) is 1.20. The Kier molecular flexibility index (Phi) is 4.52. The van der Waals surface area contributed by atoms with Crippen LogP contribution < -0.4 is 5.32 Å². The van der Waals surface area contributed by atoms with Crippen molar-refractivity contribution >= 4 is 0 Å². The lowest BCUT2D eigenvalue weighted by molar-refractivity contribution is 0.125. The molecule has 3 nitrogen and oxygen atoms in total. The normalized spacial score (nSPS) is 11.1. The first-order valence-corrected chi connectivity index (χ1v) is 4.72. The van der Waals surface area contributed by atoms with E-state index in [1.165, 1.54) is 10.9 Å². The molecule has 0 saturated carbocycles. The summed E-state index contributed by atoms with van der Waals surface area (Å²) >= 11 is 0. The second-order valence-corrected chi connectivity index (χ2v) is 3.11. The molecule has 0 spiro atoms. The highest BCUT2D eigenvalue weighted by Gasteiger charge is 2.07. The number of rotatable bonds is 6. The molecule has 14 heavy (non-hydrogen) atoms. The number of nitrogens with one attached hydrogen (secondary N) is 1. The van der Waals surface area contributed by atoms with Crippen molar-refractivity contribution in [1.82, 2.24) is 14.9 Å². The molecule has 0 atom stereocenters. The number of alkyl halides is 2. The lowest BCUT2D eigenvalue weighted by atomic mass is 10.4. The van der Waals surface area contributed by atoms with E-state index in [2.05, 4.69) is 17.2 Å². The number of imidazole rings is 1.